The molecule has 0 fully saturated rings. The zero-order valence-electron chi connectivity index (χ0n) is 6.96. The van der Waals surface area contributed by atoms with E-state index in [1.54, 1.807) is 0 Å². The highest BCUT2D eigenvalue weighted by Crippen LogP contribution is 2.14. The average molecular weight is 149 g/mol. The highest BCUT2D eigenvalue weighted by molar-refractivity contribution is 5.31. The lowest BCUT2D eigenvalue weighted by atomic mass is 10.0. The van der Waals surface area contributed by atoms with Gasteiger partial charge in [0.1, 0.15) is 0 Å². The summed E-state index contributed by atoms with van der Waals surface area (Å²) in [4.78, 5) is 0. The second-order valence-corrected chi connectivity index (χ2v) is 2.86. The molecule has 0 aliphatic heterocycles. The van der Waals surface area contributed by atoms with Crippen molar-refractivity contribution in [2.24, 2.45) is 0 Å². The number of hydrogen-bond acceptors (Lipinski definition) is 1. The molecule has 0 atom stereocenters. The maximum atomic E-state index is 8.83. The Kier molecular flexibility index (Phi) is 2.66. The number of aliphatic hydroxyl groups is 1. The minimum Gasteiger partial charge on any atom is -0.392 e. The summed E-state index contributed by atoms with van der Waals surface area (Å²) in [5, 5.41) is 8.83. The van der Waals surface area contributed by atoms with E-state index in [9.17, 15) is 0 Å². The maximum Gasteiger partial charge on any atom is 0.0681 e. The molecule has 0 aromatic heterocycles. The van der Waals surface area contributed by atoms with Crippen molar-refractivity contribution in [1.82, 2.24) is 0 Å². The van der Waals surface area contributed by atoms with Gasteiger partial charge in [0.2, 0.25) is 0 Å². The zero-order chi connectivity index (χ0) is 8.27. The molecule has 0 spiro atoms. The normalized spacial score (nSPS) is 10.5. The standard InChI is InChI=1S/C10H13O/c1-8(2)10-5-3-4-9(6-10)7-11/h3-6,11H,7H2,1-2H3. The van der Waals surface area contributed by atoms with Crippen molar-refractivity contribution >= 4 is 0 Å². The van der Waals surface area contributed by atoms with Crippen LogP contribution in [-0.4, -0.2) is 5.11 Å². The molecule has 0 aliphatic carbocycles. The minimum absolute atomic E-state index is 0.126. The van der Waals surface area contributed by atoms with Crippen LogP contribution in [0.25, 0.3) is 0 Å². The predicted octanol–water partition coefficient (Wildman–Crippen LogP) is 2.14. The molecule has 1 aromatic rings. The second-order valence-electron chi connectivity index (χ2n) is 2.86. The Morgan fingerprint density at radius 1 is 1.36 bits per heavy atom. The van der Waals surface area contributed by atoms with Crippen LogP contribution in [0.15, 0.2) is 24.3 Å². The molecule has 1 N–H and O–H groups in total. The molecule has 59 valence electrons. The van der Waals surface area contributed by atoms with E-state index >= 15 is 0 Å². The summed E-state index contributed by atoms with van der Waals surface area (Å²) in [6, 6.07) is 7.95. The Hall–Kier alpha value is -0.820. The van der Waals surface area contributed by atoms with Crippen molar-refractivity contribution in [2.45, 2.75) is 20.5 Å². The van der Waals surface area contributed by atoms with E-state index < -0.39 is 0 Å². The van der Waals surface area contributed by atoms with Gasteiger partial charge in [0.15, 0.2) is 0 Å². The third-order valence-electron chi connectivity index (χ3n) is 1.69. The minimum atomic E-state index is 0.126. The van der Waals surface area contributed by atoms with E-state index in [-0.39, 0.29) is 6.61 Å². The van der Waals surface area contributed by atoms with Crippen LogP contribution in [0, 0.1) is 5.92 Å². The van der Waals surface area contributed by atoms with E-state index in [1.807, 2.05) is 18.2 Å². The molecule has 0 unspecified atom stereocenters. The van der Waals surface area contributed by atoms with Crippen molar-refractivity contribution in [2.75, 3.05) is 0 Å². The smallest absolute Gasteiger partial charge is 0.0681 e. The van der Waals surface area contributed by atoms with Crippen LogP contribution >= 0.6 is 0 Å². The Morgan fingerprint density at radius 2 is 2.09 bits per heavy atom. The molecule has 1 rings (SSSR count). The quantitative estimate of drug-likeness (QED) is 0.683. The molecule has 0 saturated carbocycles. The van der Waals surface area contributed by atoms with Crippen LogP contribution in [-0.2, 0) is 6.61 Å². The van der Waals surface area contributed by atoms with E-state index in [0.29, 0.717) is 0 Å². The summed E-state index contributed by atoms with van der Waals surface area (Å²) in [5.74, 6) is 1.28. The van der Waals surface area contributed by atoms with Gasteiger partial charge in [0.25, 0.3) is 0 Å². The Morgan fingerprint density at radius 3 is 2.64 bits per heavy atom. The molecule has 0 heterocycles. The Balaban J connectivity index is 2.91. The van der Waals surface area contributed by atoms with Crippen molar-refractivity contribution in [3.8, 4) is 0 Å². The summed E-state index contributed by atoms with van der Waals surface area (Å²) in [6.07, 6.45) is 0. The van der Waals surface area contributed by atoms with Crippen molar-refractivity contribution < 1.29 is 5.11 Å². The third kappa shape index (κ3) is 2.05. The van der Waals surface area contributed by atoms with Crippen LogP contribution in [0.5, 0.6) is 0 Å². The zero-order valence-corrected chi connectivity index (χ0v) is 6.96. The molecular weight excluding hydrogens is 136 g/mol. The topological polar surface area (TPSA) is 20.2 Å². The van der Waals surface area contributed by atoms with E-state index in [4.69, 9.17) is 5.11 Å². The van der Waals surface area contributed by atoms with Gasteiger partial charge < -0.3 is 5.11 Å². The number of rotatable bonds is 2. The van der Waals surface area contributed by atoms with Gasteiger partial charge in [0.05, 0.1) is 6.61 Å². The first kappa shape index (κ1) is 8.28. The van der Waals surface area contributed by atoms with Crippen LogP contribution in [0.2, 0.25) is 0 Å². The van der Waals surface area contributed by atoms with Crippen LogP contribution in [0.3, 0.4) is 0 Å². The largest absolute Gasteiger partial charge is 0.392 e. The second kappa shape index (κ2) is 3.54. The fourth-order valence-electron chi connectivity index (χ4n) is 0.981. The van der Waals surface area contributed by atoms with Gasteiger partial charge in [-0.2, -0.15) is 0 Å². The predicted molar refractivity (Wildman–Crippen MR) is 46.1 cm³/mol. The summed E-state index contributed by atoms with van der Waals surface area (Å²) in [6.45, 7) is 4.26. The molecule has 0 amide bonds. The van der Waals surface area contributed by atoms with Gasteiger partial charge in [-0.25, -0.2) is 0 Å². The lowest BCUT2D eigenvalue weighted by molar-refractivity contribution is 0.282. The molecule has 0 aliphatic rings. The highest BCUT2D eigenvalue weighted by Gasteiger charge is 1.98. The molecule has 1 radical (unpaired) electrons. The Bertz CT molecular complexity index is 228. The first-order valence-corrected chi connectivity index (χ1v) is 3.74. The molecule has 1 heteroatoms. The van der Waals surface area contributed by atoms with Gasteiger partial charge in [-0.15, -0.1) is 0 Å². The van der Waals surface area contributed by atoms with Gasteiger partial charge in [0, 0.05) is 0 Å². The fourth-order valence-corrected chi connectivity index (χ4v) is 0.981. The van der Waals surface area contributed by atoms with E-state index in [0.717, 1.165) is 5.56 Å². The number of hydrogen-bond donors (Lipinski definition) is 1. The summed E-state index contributed by atoms with van der Waals surface area (Å²) in [5.41, 5.74) is 2.18. The van der Waals surface area contributed by atoms with E-state index in [1.165, 1.54) is 11.5 Å². The first-order valence-electron chi connectivity index (χ1n) is 3.74. The molecular formula is C10H13O. The van der Waals surface area contributed by atoms with Crippen LogP contribution < -0.4 is 0 Å². The van der Waals surface area contributed by atoms with Gasteiger partial charge in [-0.05, 0) is 17.0 Å². The van der Waals surface area contributed by atoms with Gasteiger partial charge >= 0.3 is 0 Å². The van der Waals surface area contributed by atoms with Crippen molar-refractivity contribution in [1.29, 1.82) is 0 Å². The average Bonchev–Trinajstić information content (AvgIpc) is 2.05. The van der Waals surface area contributed by atoms with Crippen LogP contribution in [0.4, 0.5) is 0 Å². The highest BCUT2D eigenvalue weighted by atomic mass is 16.3. The molecule has 0 saturated heterocycles. The fraction of sp³-hybridized carbons (Fsp3) is 0.300. The number of aliphatic hydroxyl groups excluding tert-OH is 1. The van der Waals surface area contributed by atoms with Gasteiger partial charge in [-0.1, -0.05) is 38.1 Å². The van der Waals surface area contributed by atoms with Gasteiger partial charge in [-0.3, -0.25) is 0 Å². The third-order valence-corrected chi connectivity index (χ3v) is 1.69. The van der Waals surface area contributed by atoms with E-state index in [2.05, 4.69) is 19.9 Å². The first-order chi connectivity index (χ1) is 5.24. The molecule has 1 aromatic carbocycles. The summed E-state index contributed by atoms with van der Waals surface area (Å²) in [7, 11) is 0. The maximum absolute atomic E-state index is 8.83. The molecule has 1 nitrogen and oxygen atoms in total. The molecule has 0 bridgehead atoms. The van der Waals surface area contributed by atoms with Crippen molar-refractivity contribution in [3.63, 3.8) is 0 Å². The van der Waals surface area contributed by atoms with Crippen LogP contribution in [0.1, 0.15) is 25.0 Å². The lowest BCUT2D eigenvalue weighted by Crippen LogP contribution is -1.90. The van der Waals surface area contributed by atoms with Crippen molar-refractivity contribution in [3.05, 3.63) is 41.3 Å². The Labute approximate surface area is 67.7 Å². The summed E-state index contributed by atoms with van der Waals surface area (Å²) < 4.78 is 0. The monoisotopic (exact) mass is 149 g/mol. The SMILES string of the molecule is C[C](C)c1cccc(CO)c1. The lowest BCUT2D eigenvalue weighted by Gasteiger charge is -2.05. The number of benzene rings is 1. The molecule has 11 heavy (non-hydrogen) atoms. The summed E-state index contributed by atoms with van der Waals surface area (Å²) >= 11 is 0.